The van der Waals surface area contributed by atoms with Crippen LogP contribution in [0.2, 0.25) is 0 Å². The van der Waals surface area contributed by atoms with Gasteiger partial charge in [0.05, 0.1) is 11.8 Å². The van der Waals surface area contributed by atoms with Gasteiger partial charge in [-0.05, 0) is 38.8 Å². The van der Waals surface area contributed by atoms with Crippen LogP contribution in [0.1, 0.15) is 38.5 Å². The molecule has 2 fully saturated rings. The van der Waals surface area contributed by atoms with Gasteiger partial charge >= 0.3 is 0 Å². The van der Waals surface area contributed by atoms with Crippen molar-refractivity contribution in [3.05, 3.63) is 12.2 Å². The van der Waals surface area contributed by atoms with Crippen LogP contribution in [0.25, 0.3) is 0 Å². The molecule has 0 bridgehead atoms. The summed E-state index contributed by atoms with van der Waals surface area (Å²) >= 11 is 0. The lowest BCUT2D eigenvalue weighted by Gasteiger charge is -2.26. The van der Waals surface area contributed by atoms with Crippen LogP contribution in [-0.2, 0) is 14.4 Å². The van der Waals surface area contributed by atoms with Gasteiger partial charge in [0, 0.05) is 26.1 Å². The van der Waals surface area contributed by atoms with Crippen LogP contribution in [-0.4, -0.2) is 60.2 Å². The molecule has 3 amide bonds. The number of hydrogen-bond donors (Lipinski definition) is 1. The number of amides is 3. The van der Waals surface area contributed by atoms with Crippen molar-refractivity contribution in [1.29, 1.82) is 0 Å². The van der Waals surface area contributed by atoms with Gasteiger partial charge in [-0.2, -0.15) is 0 Å². The van der Waals surface area contributed by atoms with Crippen molar-refractivity contribution in [3.63, 3.8) is 0 Å². The fourth-order valence-electron chi connectivity index (χ4n) is 3.93. The standard InChI is InChI=1S/C18H27N3O3/c22-16(19-9-13-20-10-4-1-5-11-20)8-12-21-17(23)14-6-2-3-7-15(14)18(21)24/h2-3,14-15H,1,4-13H2,(H,19,22)/t14-,15+. The zero-order valence-corrected chi connectivity index (χ0v) is 14.2. The Morgan fingerprint density at radius 1 is 1.00 bits per heavy atom. The van der Waals surface area contributed by atoms with Gasteiger partial charge in [0.15, 0.2) is 0 Å². The van der Waals surface area contributed by atoms with Gasteiger partial charge < -0.3 is 10.2 Å². The third kappa shape index (κ3) is 3.86. The van der Waals surface area contributed by atoms with E-state index in [2.05, 4.69) is 10.2 Å². The van der Waals surface area contributed by atoms with E-state index in [4.69, 9.17) is 0 Å². The first-order valence-corrected chi connectivity index (χ1v) is 9.16. The lowest BCUT2D eigenvalue weighted by atomic mass is 9.85. The van der Waals surface area contributed by atoms with Crippen molar-refractivity contribution >= 4 is 17.7 Å². The Hall–Kier alpha value is -1.69. The first-order valence-electron chi connectivity index (χ1n) is 9.16. The normalized spacial score (nSPS) is 27.4. The second-order valence-electron chi connectivity index (χ2n) is 6.99. The molecule has 2 saturated heterocycles. The maximum atomic E-state index is 12.3. The number of likely N-dealkylation sites (tertiary alicyclic amines) is 2. The highest BCUT2D eigenvalue weighted by Crippen LogP contribution is 2.34. The van der Waals surface area contributed by atoms with Gasteiger partial charge in [-0.15, -0.1) is 0 Å². The molecule has 0 aromatic heterocycles. The molecule has 0 saturated carbocycles. The number of carbonyl (C=O) groups is 3. The average molecular weight is 333 g/mol. The minimum atomic E-state index is -0.204. The maximum absolute atomic E-state index is 12.3. The van der Waals surface area contributed by atoms with Crippen molar-refractivity contribution in [2.24, 2.45) is 11.8 Å². The van der Waals surface area contributed by atoms with E-state index in [1.807, 2.05) is 12.2 Å². The fraction of sp³-hybridized carbons (Fsp3) is 0.722. The van der Waals surface area contributed by atoms with Gasteiger partial charge in [0.2, 0.25) is 17.7 Å². The SMILES string of the molecule is O=C(CCN1C(=O)[C@H]2CC=CC[C@H]2C1=O)NCCN1CCCCC1. The summed E-state index contributed by atoms with van der Waals surface area (Å²) < 4.78 is 0. The second-order valence-corrected chi connectivity index (χ2v) is 6.99. The highest BCUT2D eigenvalue weighted by molar-refractivity contribution is 6.05. The molecule has 6 nitrogen and oxygen atoms in total. The molecule has 0 radical (unpaired) electrons. The first-order chi connectivity index (χ1) is 11.7. The van der Waals surface area contributed by atoms with Crippen molar-refractivity contribution in [2.45, 2.75) is 38.5 Å². The van der Waals surface area contributed by atoms with Gasteiger partial charge in [-0.1, -0.05) is 18.6 Å². The molecule has 0 aromatic rings. The average Bonchev–Trinajstić information content (AvgIpc) is 2.85. The van der Waals surface area contributed by atoms with Crippen molar-refractivity contribution in [1.82, 2.24) is 15.1 Å². The number of nitrogens with one attached hydrogen (secondary N) is 1. The summed E-state index contributed by atoms with van der Waals surface area (Å²) in [4.78, 5) is 40.3. The number of imide groups is 1. The highest BCUT2D eigenvalue weighted by atomic mass is 16.2. The van der Waals surface area contributed by atoms with Crippen LogP contribution in [0.4, 0.5) is 0 Å². The Labute approximate surface area is 143 Å². The predicted octanol–water partition coefficient (Wildman–Crippen LogP) is 0.930. The minimum absolute atomic E-state index is 0.0828. The molecule has 2 atom stereocenters. The van der Waals surface area contributed by atoms with Crippen LogP contribution >= 0.6 is 0 Å². The summed E-state index contributed by atoms with van der Waals surface area (Å²) in [5.41, 5.74) is 0. The fourth-order valence-corrected chi connectivity index (χ4v) is 3.93. The number of hydrogen-bond acceptors (Lipinski definition) is 4. The quantitative estimate of drug-likeness (QED) is 0.580. The number of allylic oxidation sites excluding steroid dienone is 2. The van der Waals surface area contributed by atoms with E-state index in [0.29, 0.717) is 19.4 Å². The van der Waals surface area contributed by atoms with Gasteiger partial charge in [0.25, 0.3) is 0 Å². The monoisotopic (exact) mass is 333 g/mol. The lowest BCUT2D eigenvalue weighted by Crippen LogP contribution is -2.39. The molecule has 0 spiro atoms. The summed E-state index contributed by atoms with van der Waals surface area (Å²) in [6.45, 7) is 3.95. The molecule has 0 aromatic carbocycles. The van der Waals surface area contributed by atoms with Crippen LogP contribution < -0.4 is 5.32 Å². The zero-order chi connectivity index (χ0) is 16.9. The summed E-state index contributed by atoms with van der Waals surface area (Å²) in [5.74, 6) is -0.694. The largest absolute Gasteiger partial charge is 0.355 e. The van der Waals surface area contributed by atoms with E-state index in [-0.39, 0.29) is 42.5 Å². The topological polar surface area (TPSA) is 69.7 Å². The third-order valence-electron chi connectivity index (χ3n) is 5.36. The number of carbonyl (C=O) groups excluding carboxylic acids is 3. The van der Waals surface area contributed by atoms with Crippen LogP contribution in [0, 0.1) is 11.8 Å². The number of rotatable bonds is 6. The van der Waals surface area contributed by atoms with Crippen LogP contribution in [0.15, 0.2) is 12.2 Å². The molecule has 132 valence electrons. The Morgan fingerprint density at radius 2 is 1.62 bits per heavy atom. The van der Waals surface area contributed by atoms with E-state index in [1.165, 1.54) is 24.2 Å². The van der Waals surface area contributed by atoms with Crippen LogP contribution in [0.5, 0.6) is 0 Å². The molecule has 1 N–H and O–H groups in total. The third-order valence-corrected chi connectivity index (χ3v) is 5.36. The summed E-state index contributed by atoms with van der Waals surface area (Å²) in [5, 5.41) is 2.90. The minimum Gasteiger partial charge on any atom is -0.355 e. The van der Waals surface area contributed by atoms with E-state index in [9.17, 15) is 14.4 Å². The highest BCUT2D eigenvalue weighted by Gasteiger charge is 2.46. The van der Waals surface area contributed by atoms with E-state index < -0.39 is 0 Å². The van der Waals surface area contributed by atoms with Crippen molar-refractivity contribution in [3.8, 4) is 0 Å². The van der Waals surface area contributed by atoms with Crippen molar-refractivity contribution < 1.29 is 14.4 Å². The zero-order valence-electron chi connectivity index (χ0n) is 14.2. The predicted molar refractivity (Wildman–Crippen MR) is 90.0 cm³/mol. The Bertz CT molecular complexity index is 500. The van der Waals surface area contributed by atoms with Crippen molar-refractivity contribution in [2.75, 3.05) is 32.7 Å². The second kappa shape index (κ2) is 7.92. The number of piperidine rings is 1. The number of nitrogens with zero attached hydrogens (tertiary/aromatic N) is 2. The maximum Gasteiger partial charge on any atom is 0.233 e. The van der Waals surface area contributed by atoms with Gasteiger partial charge in [-0.3, -0.25) is 19.3 Å². The summed E-state index contributed by atoms with van der Waals surface area (Å²) in [7, 11) is 0. The molecular weight excluding hydrogens is 306 g/mol. The lowest BCUT2D eigenvalue weighted by molar-refractivity contribution is -0.140. The molecule has 0 unspecified atom stereocenters. The molecule has 24 heavy (non-hydrogen) atoms. The Balaban J connectivity index is 1.38. The van der Waals surface area contributed by atoms with Crippen LogP contribution in [0.3, 0.4) is 0 Å². The molecular formula is C18H27N3O3. The van der Waals surface area contributed by atoms with E-state index >= 15 is 0 Å². The molecule has 3 rings (SSSR count). The molecule has 2 heterocycles. The number of fused-ring (bicyclic) bond motifs is 1. The molecule has 2 aliphatic heterocycles. The smallest absolute Gasteiger partial charge is 0.233 e. The van der Waals surface area contributed by atoms with E-state index in [0.717, 1.165) is 19.6 Å². The first kappa shape index (κ1) is 17.1. The van der Waals surface area contributed by atoms with Gasteiger partial charge in [-0.25, -0.2) is 0 Å². The molecule has 3 aliphatic rings. The van der Waals surface area contributed by atoms with Gasteiger partial charge in [0.1, 0.15) is 0 Å². The molecule has 6 heteroatoms. The summed E-state index contributed by atoms with van der Waals surface area (Å²) in [6.07, 6.45) is 9.23. The Kier molecular flexibility index (Phi) is 5.66. The summed E-state index contributed by atoms with van der Waals surface area (Å²) in [6, 6.07) is 0. The Morgan fingerprint density at radius 3 is 2.25 bits per heavy atom. The van der Waals surface area contributed by atoms with E-state index in [1.54, 1.807) is 0 Å². The molecule has 1 aliphatic carbocycles.